The van der Waals surface area contributed by atoms with Crippen molar-refractivity contribution < 1.29 is 28.0 Å². The van der Waals surface area contributed by atoms with Crippen molar-refractivity contribution in [2.24, 2.45) is 0 Å². The number of phenolic OH excluding ortho intramolecular Hbond substituents is 1. The number of benzene rings is 2. The molecule has 0 amide bonds. The predicted octanol–water partition coefficient (Wildman–Crippen LogP) is 2.44. The maximum Gasteiger partial charge on any atom is 0.322 e. The Morgan fingerprint density at radius 3 is 1.92 bits per heavy atom. The van der Waals surface area contributed by atoms with Gasteiger partial charge in [-0.3, -0.25) is 9.35 Å². The van der Waals surface area contributed by atoms with Gasteiger partial charge < -0.3 is 15.5 Å². The van der Waals surface area contributed by atoms with Crippen LogP contribution in [0.1, 0.15) is 11.1 Å². The van der Waals surface area contributed by atoms with Gasteiger partial charge in [0.05, 0.1) is 4.90 Å². The zero-order valence-corrected chi connectivity index (χ0v) is 14.0. The van der Waals surface area contributed by atoms with Crippen LogP contribution in [-0.2, 0) is 14.9 Å². The van der Waals surface area contributed by atoms with Gasteiger partial charge in [-0.05, 0) is 49.2 Å². The van der Waals surface area contributed by atoms with Crippen molar-refractivity contribution in [3.8, 4) is 5.75 Å². The normalized spacial score (nSPS) is 10.5. The highest BCUT2D eigenvalue weighted by Crippen LogP contribution is 2.18. The molecule has 8 heteroatoms. The molecule has 0 atom stereocenters. The minimum absolute atomic E-state index is 0.0185. The van der Waals surface area contributed by atoms with Crippen LogP contribution in [0.15, 0.2) is 47.4 Å². The highest BCUT2D eigenvalue weighted by molar-refractivity contribution is 7.86. The molecule has 0 bridgehead atoms. The van der Waals surface area contributed by atoms with E-state index in [1.165, 1.54) is 12.1 Å². The maximum absolute atomic E-state index is 10.8. The molecule has 0 saturated carbocycles. The number of hydrogen-bond acceptors (Lipinski definition) is 5. The van der Waals surface area contributed by atoms with Crippen LogP contribution >= 0.6 is 0 Å². The van der Waals surface area contributed by atoms with Crippen molar-refractivity contribution in [2.75, 3.05) is 11.9 Å². The van der Waals surface area contributed by atoms with Crippen molar-refractivity contribution in [1.82, 2.24) is 0 Å². The number of nitrogens with one attached hydrogen (secondary N) is 1. The lowest BCUT2D eigenvalue weighted by atomic mass is 10.2. The molecule has 130 valence electrons. The lowest BCUT2D eigenvalue weighted by Crippen LogP contribution is -2.11. The number of carboxylic acids is 1. The fourth-order valence-electron chi connectivity index (χ4n) is 1.96. The molecule has 0 radical (unpaired) electrons. The van der Waals surface area contributed by atoms with E-state index in [4.69, 9.17) is 14.8 Å². The van der Waals surface area contributed by atoms with Gasteiger partial charge in [0.2, 0.25) is 0 Å². The Balaban J connectivity index is 0.000000240. The summed E-state index contributed by atoms with van der Waals surface area (Å²) >= 11 is 0. The number of aliphatic carboxylic acids is 1. The second-order valence-electron chi connectivity index (χ2n) is 4.99. The highest BCUT2D eigenvalue weighted by Gasteiger charge is 2.14. The quantitative estimate of drug-likeness (QED) is 0.491. The first kappa shape index (κ1) is 19.5. The number of hydrogen-bond donors (Lipinski definition) is 4. The molecule has 0 unspecified atom stereocenters. The first-order chi connectivity index (χ1) is 11.1. The first-order valence-corrected chi connectivity index (χ1v) is 8.33. The molecular weight excluding hydrogens is 334 g/mol. The number of phenols is 1. The molecule has 4 N–H and O–H groups in total. The molecule has 0 aromatic heterocycles. The van der Waals surface area contributed by atoms with Crippen LogP contribution in [0.25, 0.3) is 0 Å². The molecule has 24 heavy (non-hydrogen) atoms. The van der Waals surface area contributed by atoms with Gasteiger partial charge in [0.15, 0.2) is 0 Å². The van der Waals surface area contributed by atoms with Crippen molar-refractivity contribution in [3.05, 3.63) is 53.6 Å². The summed E-state index contributed by atoms with van der Waals surface area (Å²) in [5.41, 5.74) is 1.81. The average Bonchev–Trinajstić information content (AvgIpc) is 2.45. The second-order valence-corrected chi connectivity index (χ2v) is 6.35. The van der Waals surface area contributed by atoms with E-state index in [1.807, 2.05) is 0 Å². The van der Waals surface area contributed by atoms with E-state index in [0.29, 0.717) is 16.8 Å². The molecule has 0 aliphatic rings. The molecule has 0 aliphatic carbocycles. The van der Waals surface area contributed by atoms with Gasteiger partial charge in [-0.2, -0.15) is 8.42 Å². The predicted molar refractivity (Wildman–Crippen MR) is 90.0 cm³/mol. The van der Waals surface area contributed by atoms with E-state index in [-0.39, 0.29) is 17.2 Å². The van der Waals surface area contributed by atoms with E-state index >= 15 is 0 Å². The molecule has 0 saturated heterocycles. The van der Waals surface area contributed by atoms with Gasteiger partial charge in [0.1, 0.15) is 12.3 Å². The molecule has 2 aromatic rings. The van der Waals surface area contributed by atoms with Crippen molar-refractivity contribution in [2.45, 2.75) is 18.7 Å². The van der Waals surface area contributed by atoms with E-state index < -0.39 is 16.1 Å². The first-order valence-electron chi connectivity index (χ1n) is 6.89. The van der Waals surface area contributed by atoms with Crippen molar-refractivity contribution in [1.29, 1.82) is 0 Å². The van der Waals surface area contributed by atoms with Crippen LogP contribution in [0.4, 0.5) is 5.69 Å². The zero-order valence-electron chi connectivity index (χ0n) is 13.2. The summed E-state index contributed by atoms with van der Waals surface area (Å²) in [6.45, 7) is 3.18. The maximum atomic E-state index is 10.8. The summed E-state index contributed by atoms with van der Waals surface area (Å²) in [6.07, 6.45) is 0. The van der Waals surface area contributed by atoms with Crippen molar-refractivity contribution >= 4 is 21.8 Å². The minimum atomic E-state index is -4.06. The van der Waals surface area contributed by atoms with Gasteiger partial charge in [-0.25, -0.2) is 0 Å². The van der Waals surface area contributed by atoms with Gasteiger partial charge in [0.25, 0.3) is 10.1 Å². The molecule has 2 aromatic carbocycles. The van der Waals surface area contributed by atoms with Crippen LogP contribution in [0.2, 0.25) is 0 Å². The van der Waals surface area contributed by atoms with Crippen LogP contribution in [0.5, 0.6) is 5.75 Å². The summed E-state index contributed by atoms with van der Waals surface area (Å²) in [5.74, 6) is -0.751. The Morgan fingerprint density at radius 1 is 1.04 bits per heavy atom. The van der Waals surface area contributed by atoms with Crippen LogP contribution in [-0.4, -0.2) is 35.7 Å². The molecule has 2 rings (SSSR count). The number of carboxylic acid groups (broad SMARTS) is 1. The van der Waals surface area contributed by atoms with Gasteiger partial charge in [0, 0.05) is 5.69 Å². The zero-order chi connectivity index (χ0) is 18.3. The number of anilines is 1. The van der Waals surface area contributed by atoms with E-state index in [1.54, 1.807) is 44.2 Å². The minimum Gasteiger partial charge on any atom is -0.508 e. The average molecular weight is 353 g/mol. The Morgan fingerprint density at radius 2 is 1.54 bits per heavy atom. The topological polar surface area (TPSA) is 124 Å². The molecule has 0 spiro atoms. The van der Waals surface area contributed by atoms with Crippen LogP contribution < -0.4 is 5.32 Å². The van der Waals surface area contributed by atoms with E-state index in [9.17, 15) is 13.2 Å². The second kappa shape index (κ2) is 8.32. The lowest BCUT2D eigenvalue weighted by Gasteiger charge is -2.04. The number of carbonyl (C=O) groups is 1. The number of rotatable bonds is 4. The van der Waals surface area contributed by atoms with Gasteiger partial charge in [-0.1, -0.05) is 18.2 Å². The number of aromatic hydroxyl groups is 1. The Hall–Kier alpha value is -2.58. The smallest absolute Gasteiger partial charge is 0.322 e. The molecule has 0 fully saturated rings. The third kappa shape index (κ3) is 6.27. The summed E-state index contributed by atoms with van der Waals surface area (Å²) in [5, 5.41) is 19.9. The van der Waals surface area contributed by atoms with Crippen LogP contribution in [0, 0.1) is 13.8 Å². The fraction of sp³-hybridized carbons (Fsp3) is 0.188. The third-order valence-corrected chi connectivity index (χ3v) is 4.14. The van der Waals surface area contributed by atoms with Crippen LogP contribution in [0.3, 0.4) is 0 Å². The molecule has 0 aliphatic heterocycles. The summed E-state index contributed by atoms with van der Waals surface area (Å²) < 4.78 is 30.5. The third-order valence-electron chi connectivity index (χ3n) is 2.98. The Bertz CT molecular complexity index is 780. The summed E-state index contributed by atoms with van der Waals surface area (Å²) in [4.78, 5) is 10.1. The summed E-state index contributed by atoms with van der Waals surface area (Å²) in [7, 11) is -4.06. The SMILES string of the molecule is Cc1cccc(C)c1S(=O)(=O)O.O=C(O)CNc1ccc(O)cc1. The standard InChI is InChI=1S/C8H9NO3.C8H10O3S/c10-7-3-1-6(2-4-7)9-5-8(11)12;1-6-4-3-5-7(2)8(6)12(9,10)11/h1-4,9-10H,5H2,(H,11,12);3-5H,1-2H3,(H,9,10,11). The molecule has 7 nitrogen and oxygen atoms in total. The van der Waals surface area contributed by atoms with Crippen molar-refractivity contribution in [3.63, 3.8) is 0 Å². The summed E-state index contributed by atoms with van der Waals surface area (Å²) in [6, 6.07) is 11.2. The number of aryl methyl sites for hydroxylation is 2. The molecule has 0 heterocycles. The van der Waals surface area contributed by atoms with Gasteiger partial charge in [-0.15, -0.1) is 0 Å². The fourth-order valence-corrected chi connectivity index (χ4v) is 2.91. The van der Waals surface area contributed by atoms with E-state index in [2.05, 4.69) is 5.32 Å². The van der Waals surface area contributed by atoms with E-state index in [0.717, 1.165) is 0 Å². The molecular formula is C16H19NO6S. The Labute approximate surface area is 140 Å². The highest BCUT2D eigenvalue weighted by atomic mass is 32.2. The largest absolute Gasteiger partial charge is 0.508 e. The lowest BCUT2D eigenvalue weighted by molar-refractivity contribution is -0.134. The Kier molecular flexibility index (Phi) is 6.75. The van der Waals surface area contributed by atoms with Gasteiger partial charge >= 0.3 is 5.97 Å². The monoisotopic (exact) mass is 353 g/mol.